The molecule has 23 heavy (non-hydrogen) atoms. The van der Waals surface area contributed by atoms with Crippen molar-refractivity contribution < 1.29 is 14.3 Å². The highest BCUT2D eigenvalue weighted by molar-refractivity contribution is 5.88. The summed E-state index contributed by atoms with van der Waals surface area (Å²) in [4.78, 5) is 26.5. The molecule has 1 fully saturated rings. The lowest BCUT2D eigenvalue weighted by Crippen LogP contribution is -2.52. The van der Waals surface area contributed by atoms with Gasteiger partial charge in [0.15, 0.2) is 0 Å². The molecule has 1 unspecified atom stereocenters. The largest absolute Gasteiger partial charge is 0.460 e. The first-order valence-corrected chi connectivity index (χ1v) is 8.45. The van der Waals surface area contributed by atoms with E-state index in [0.29, 0.717) is 18.9 Å². The first kappa shape index (κ1) is 17.7. The van der Waals surface area contributed by atoms with E-state index in [1.165, 1.54) is 5.56 Å². The van der Waals surface area contributed by atoms with E-state index in [1.807, 2.05) is 30.9 Å². The zero-order valence-corrected chi connectivity index (χ0v) is 14.5. The van der Waals surface area contributed by atoms with Crippen molar-refractivity contribution in [1.82, 2.24) is 4.90 Å². The zero-order valence-electron chi connectivity index (χ0n) is 14.5. The third kappa shape index (κ3) is 4.64. The van der Waals surface area contributed by atoms with Crippen LogP contribution in [0.15, 0.2) is 24.3 Å². The Hall–Kier alpha value is -1.68. The van der Waals surface area contributed by atoms with Crippen molar-refractivity contribution in [1.29, 1.82) is 0 Å². The van der Waals surface area contributed by atoms with Crippen LogP contribution in [0.2, 0.25) is 0 Å². The van der Waals surface area contributed by atoms with Gasteiger partial charge in [-0.3, -0.25) is 14.5 Å². The molecule has 1 aromatic carbocycles. The van der Waals surface area contributed by atoms with Crippen LogP contribution in [0.1, 0.15) is 51.2 Å². The smallest absolute Gasteiger partial charge is 0.324 e. The van der Waals surface area contributed by atoms with E-state index in [0.717, 1.165) is 12.1 Å². The molecule has 4 heteroatoms. The van der Waals surface area contributed by atoms with Crippen molar-refractivity contribution in [2.45, 2.75) is 58.6 Å². The summed E-state index contributed by atoms with van der Waals surface area (Å²) in [6.07, 6.45) is 0.498. The SMILES string of the molecule is CCN1C[C@H](C)OC(=O)C1CC(=O)Cc1ccc(C(C)C)cc1. The van der Waals surface area contributed by atoms with Gasteiger partial charge >= 0.3 is 5.97 Å². The number of cyclic esters (lactones) is 1. The molecule has 0 aromatic heterocycles. The molecule has 1 heterocycles. The van der Waals surface area contributed by atoms with E-state index >= 15 is 0 Å². The normalized spacial score (nSPS) is 22.2. The van der Waals surface area contributed by atoms with Gasteiger partial charge in [-0.25, -0.2) is 0 Å². The average molecular weight is 317 g/mol. The van der Waals surface area contributed by atoms with Crippen molar-refractivity contribution in [2.24, 2.45) is 0 Å². The van der Waals surface area contributed by atoms with E-state index in [2.05, 4.69) is 26.0 Å². The molecule has 0 amide bonds. The Morgan fingerprint density at radius 1 is 1.30 bits per heavy atom. The fraction of sp³-hybridized carbons (Fsp3) is 0.579. The highest BCUT2D eigenvalue weighted by Crippen LogP contribution is 2.18. The van der Waals surface area contributed by atoms with Gasteiger partial charge in [0, 0.05) is 19.4 Å². The lowest BCUT2D eigenvalue weighted by Gasteiger charge is -2.36. The number of carbonyl (C=O) groups excluding carboxylic acids is 2. The quantitative estimate of drug-likeness (QED) is 0.757. The predicted octanol–water partition coefficient (Wildman–Crippen LogP) is 2.95. The molecule has 0 bridgehead atoms. The second kappa shape index (κ2) is 7.73. The van der Waals surface area contributed by atoms with Crippen LogP contribution < -0.4 is 0 Å². The Balaban J connectivity index is 1.96. The molecule has 126 valence electrons. The number of carbonyl (C=O) groups is 2. The summed E-state index contributed by atoms with van der Waals surface area (Å²) in [7, 11) is 0. The number of esters is 1. The summed E-state index contributed by atoms with van der Waals surface area (Å²) in [5.41, 5.74) is 2.27. The van der Waals surface area contributed by atoms with Crippen LogP contribution in [0.4, 0.5) is 0 Å². The maximum Gasteiger partial charge on any atom is 0.324 e. The Kier molecular flexibility index (Phi) is 5.94. The molecule has 2 atom stereocenters. The molecule has 2 rings (SSSR count). The predicted molar refractivity (Wildman–Crippen MR) is 90.4 cm³/mol. The van der Waals surface area contributed by atoms with E-state index < -0.39 is 6.04 Å². The molecule has 0 saturated carbocycles. The van der Waals surface area contributed by atoms with Gasteiger partial charge in [-0.05, 0) is 30.5 Å². The number of likely N-dealkylation sites (N-methyl/N-ethyl adjacent to an activating group) is 1. The average Bonchev–Trinajstić information content (AvgIpc) is 2.50. The zero-order chi connectivity index (χ0) is 17.0. The molecule has 0 aliphatic carbocycles. The molecule has 1 saturated heterocycles. The number of ether oxygens (including phenoxy) is 1. The summed E-state index contributed by atoms with van der Waals surface area (Å²) in [5, 5.41) is 0. The molecule has 0 N–H and O–H groups in total. The molecule has 0 spiro atoms. The maximum absolute atomic E-state index is 12.4. The highest BCUT2D eigenvalue weighted by Gasteiger charge is 2.35. The number of rotatable bonds is 6. The highest BCUT2D eigenvalue weighted by atomic mass is 16.5. The van der Waals surface area contributed by atoms with Crippen LogP contribution in [0.5, 0.6) is 0 Å². The van der Waals surface area contributed by atoms with Gasteiger partial charge in [0.2, 0.25) is 0 Å². The van der Waals surface area contributed by atoms with Gasteiger partial charge < -0.3 is 4.74 Å². The van der Waals surface area contributed by atoms with Crippen molar-refractivity contribution >= 4 is 11.8 Å². The minimum atomic E-state index is -0.432. The standard InChI is InChI=1S/C19H27NO3/c1-5-20-12-14(4)23-19(22)18(20)11-17(21)10-15-6-8-16(9-7-15)13(2)3/h6-9,13-14,18H,5,10-12H2,1-4H3/t14-,18?/m0/s1. The molecular weight excluding hydrogens is 290 g/mol. The lowest BCUT2D eigenvalue weighted by molar-refractivity contribution is -0.166. The summed E-state index contributed by atoms with van der Waals surface area (Å²) in [6, 6.07) is 7.72. The second-order valence-corrected chi connectivity index (χ2v) is 6.67. The minimum Gasteiger partial charge on any atom is -0.460 e. The Morgan fingerprint density at radius 3 is 2.52 bits per heavy atom. The molecule has 1 aromatic rings. The monoisotopic (exact) mass is 317 g/mol. The maximum atomic E-state index is 12.4. The molecule has 1 aliphatic rings. The van der Waals surface area contributed by atoms with Crippen molar-refractivity contribution in [2.75, 3.05) is 13.1 Å². The fourth-order valence-electron chi connectivity index (χ4n) is 3.02. The number of hydrogen-bond acceptors (Lipinski definition) is 4. The minimum absolute atomic E-state index is 0.0808. The molecule has 1 aliphatic heterocycles. The van der Waals surface area contributed by atoms with E-state index in [4.69, 9.17) is 4.74 Å². The number of hydrogen-bond donors (Lipinski definition) is 0. The summed E-state index contributed by atoms with van der Waals surface area (Å²) in [5.74, 6) is 0.295. The molecular formula is C19H27NO3. The fourth-order valence-corrected chi connectivity index (χ4v) is 3.02. The summed E-state index contributed by atoms with van der Waals surface area (Å²) in [6.45, 7) is 9.64. The molecule has 0 radical (unpaired) electrons. The van der Waals surface area contributed by atoms with Crippen LogP contribution in [-0.4, -0.2) is 41.9 Å². The van der Waals surface area contributed by atoms with Gasteiger partial charge in [-0.15, -0.1) is 0 Å². The van der Waals surface area contributed by atoms with Crippen molar-refractivity contribution in [3.8, 4) is 0 Å². The number of benzene rings is 1. The third-order valence-electron chi connectivity index (χ3n) is 4.40. The summed E-state index contributed by atoms with van der Waals surface area (Å²) < 4.78 is 5.29. The van der Waals surface area contributed by atoms with E-state index in [-0.39, 0.29) is 24.3 Å². The van der Waals surface area contributed by atoms with Crippen LogP contribution >= 0.6 is 0 Å². The topological polar surface area (TPSA) is 46.6 Å². The van der Waals surface area contributed by atoms with Gasteiger partial charge in [0.05, 0.1) is 0 Å². The van der Waals surface area contributed by atoms with Crippen LogP contribution in [0.3, 0.4) is 0 Å². The van der Waals surface area contributed by atoms with Gasteiger partial charge in [-0.1, -0.05) is 45.0 Å². The van der Waals surface area contributed by atoms with E-state index in [1.54, 1.807) is 0 Å². The Morgan fingerprint density at radius 2 is 1.96 bits per heavy atom. The Labute approximate surface area is 138 Å². The third-order valence-corrected chi connectivity index (χ3v) is 4.40. The van der Waals surface area contributed by atoms with Gasteiger partial charge in [0.1, 0.15) is 17.9 Å². The van der Waals surface area contributed by atoms with Crippen LogP contribution in [-0.2, 0) is 20.7 Å². The van der Waals surface area contributed by atoms with Crippen LogP contribution in [0, 0.1) is 0 Å². The van der Waals surface area contributed by atoms with Crippen molar-refractivity contribution in [3.05, 3.63) is 35.4 Å². The van der Waals surface area contributed by atoms with Gasteiger partial charge in [-0.2, -0.15) is 0 Å². The number of Topliss-reactive ketones (excluding diaryl/α,β-unsaturated/α-hetero) is 1. The van der Waals surface area contributed by atoms with Crippen molar-refractivity contribution in [3.63, 3.8) is 0 Å². The molecule has 4 nitrogen and oxygen atoms in total. The Bertz CT molecular complexity index is 550. The number of ketones is 1. The summed E-state index contributed by atoms with van der Waals surface area (Å²) >= 11 is 0. The lowest BCUT2D eigenvalue weighted by atomic mass is 9.98. The number of nitrogens with zero attached hydrogens (tertiary/aromatic N) is 1. The van der Waals surface area contributed by atoms with Crippen LogP contribution in [0.25, 0.3) is 0 Å². The first-order chi connectivity index (χ1) is 10.9. The van der Waals surface area contributed by atoms with E-state index in [9.17, 15) is 9.59 Å². The second-order valence-electron chi connectivity index (χ2n) is 6.67. The van der Waals surface area contributed by atoms with Gasteiger partial charge in [0.25, 0.3) is 0 Å². The number of morpholine rings is 1. The first-order valence-electron chi connectivity index (χ1n) is 8.45.